The minimum Gasteiger partial charge on any atom is -0.453 e. The van der Waals surface area contributed by atoms with Crippen molar-refractivity contribution in [3.05, 3.63) is 65.5 Å². The summed E-state index contributed by atoms with van der Waals surface area (Å²) in [6.07, 6.45) is 6.15. The van der Waals surface area contributed by atoms with E-state index in [1.807, 2.05) is 23.1 Å². The van der Waals surface area contributed by atoms with Crippen molar-refractivity contribution < 1.29 is 27.1 Å². The molecule has 0 aromatic heterocycles. The molecule has 0 unspecified atom stereocenters. The number of nitrogens with zero attached hydrogens (tertiary/aromatic N) is 2. The Morgan fingerprint density at radius 3 is 2.42 bits per heavy atom. The Balaban J connectivity index is 1.22. The maximum Gasteiger partial charge on any atom is 0.407 e. The van der Waals surface area contributed by atoms with Gasteiger partial charge in [-0.2, -0.15) is 5.26 Å². The average molecular weight is 610 g/mol. The van der Waals surface area contributed by atoms with Gasteiger partial charge in [0, 0.05) is 31.5 Å². The van der Waals surface area contributed by atoms with Gasteiger partial charge in [-0.05, 0) is 92.7 Å². The Hall–Kier alpha value is -3.45. The van der Waals surface area contributed by atoms with Crippen molar-refractivity contribution in [1.82, 2.24) is 10.2 Å². The van der Waals surface area contributed by atoms with E-state index in [0.717, 1.165) is 37.7 Å². The minimum atomic E-state index is -3.21. The minimum absolute atomic E-state index is 0.0609. The number of halogens is 1. The second kappa shape index (κ2) is 13.0. The molecule has 10 heteroatoms. The SMILES string of the molecule is COC(=O)N[C@H]1CCC[C@@H]1[C@](C#N)(c1cccc(F)c1)C1CCN(C(=O)CCCc2ccc(S(=O)(=O)C3CC3)cc2)CC1. The summed E-state index contributed by atoms with van der Waals surface area (Å²) in [5.41, 5.74) is 0.611. The normalized spacial score (nSPS) is 22.4. The van der Waals surface area contributed by atoms with Crippen LogP contribution in [0.3, 0.4) is 0 Å². The zero-order valence-electron chi connectivity index (χ0n) is 24.6. The van der Waals surface area contributed by atoms with E-state index >= 15 is 0 Å². The molecule has 1 aliphatic heterocycles. The highest BCUT2D eigenvalue weighted by Gasteiger charge is 2.53. The first-order valence-electron chi connectivity index (χ1n) is 15.3. The Kier molecular flexibility index (Phi) is 9.40. The fourth-order valence-corrected chi connectivity index (χ4v) is 8.88. The van der Waals surface area contributed by atoms with Gasteiger partial charge in [-0.1, -0.05) is 30.7 Å². The van der Waals surface area contributed by atoms with Crippen molar-refractivity contribution in [2.45, 2.75) is 85.8 Å². The molecule has 2 saturated carbocycles. The third-order valence-corrected chi connectivity index (χ3v) is 11.9. The Morgan fingerprint density at radius 2 is 1.79 bits per heavy atom. The fourth-order valence-electron chi connectivity index (χ4n) is 7.23. The van der Waals surface area contributed by atoms with Gasteiger partial charge in [-0.3, -0.25) is 4.79 Å². The molecule has 1 N–H and O–H groups in total. The lowest BCUT2D eigenvalue weighted by molar-refractivity contribution is -0.133. The first-order valence-corrected chi connectivity index (χ1v) is 16.9. The van der Waals surface area contributed by atoms with Crippen LogP contribution in [0.25, 0.3) is 0 Å². The quantitative estimate of drug-likeness (QED) is 0.390. The van der Waals surface area contributed by atoms with E-state index in [4.69, 9.17) is 4.74 Å². The van der Waals surface area contributed by atoms with Crippen molar-refractivity contribution in [3.8, 4) is 6.07 Å². The summed E-state index contributed by atoms with van der Waals surface area (Å²) < 4.78 is 44.2. The Bertz CT molecular complexity index is 1460. The standard InChI is InChI=1S/C33H40FN3O5S/c1-42-32(39)36-30-9-4-8-29(30)33(22-35,25-6-3-7-26(34)21-25)24-17-19-37(20-18-24)31(38)10-2-5-23-11-13-27(14-12-23)43(40,41)28-15-16-28/h3,6-7,11-14,21,24,28-30H,2,4-5,8-10,15-20H2,1H3,(H,36,39)/t29-,30-,33-/m0/s1. The number of ether oxygens (including phenoxy) is 1. The van der Waals surface area contributed by atoms with E-state index < -0.39 is 27.2 Å². The van der Waals surface area contributed by atoms with Crippen LogP contribution in [-0.2, 0) is 31.2 Å². The van der Waals surface area contributed by atoms with E-state index in [2.05, 4.69) is 11.4 Å². The fraction of sp³-hybridized carbons (Fsp3) is 0.545. The summed E-state index contributed by atoms with van der Waals surface area (Å²) in [5.74, 6) is -0.666. The number of hydrogen-bond acceptors (Lipinski definition) is 6. The summed E-state index contributed by atoms with van der Waals surface area (Å²) in [5, 5.41) is 13.5. The number of amides is 2. The number of aryl methyl sites for hydroxylation is 1. The lowest BCUT2D eigenvalue weighted by Gasteiger charge is -2.46. The van der Waals surface area contributed by atoms with Crippen LogP contribution in [0, 0.1) is 29.0 Å². The van der Waals surface area contributed by atoms with Crippen molar-refractivity contribution in [2.24, 2.45) is 11.8 Å². The lowest BCUT2D eigenvalue weighted by atomic mass is 9.59. The van der Waals surface area contributed by atoms with Gasteiger partial charge < -0.3 is 15.0 Å². The number of methoxy groups -OCH3 is 1. The number of carbonyl (C=O) groups is 2. The van der Waals surface area contributed by atoms with Gasteiger partial charge in [0.1, 0.15) is 5.82 Å². The van der Waals surface area contributed by atoms with E-state index in [1.54, 1.807) is 18.2 Å². The molecule has 3 aliphatic rings. The molecule has 8 nitrogen and oxygen atoms in total. The molecule has 3 atom stereocenters. The summed E-state index contributed by atoms with van der Waals surface area (Å²) in [6.45, 7) is 1.02. The van der Waals surface area contributed by atoms with E-state index in [0.29, 0.717) is 55.7 Å². The van der Waals surface area contributed by atoms with E-state index in [1.165, 1.54) is 19.2 Å². The zero-order chi connectivity index (χ0) is 30.6. The molecule has 0 spiro atoms. The molecule has 230 valence electrons. The maximum atomic E-state index is 14.5. The van der Waals surface area contributed by atoms with E-state index in [-0.39, 0.29) is 29.0 Å². The first-order chi connectivity index (χ1) is 20.7. The van der Waals surface area contributed by atoms with Crippen LogP contribution in [0.1, 0.15) is 68.9 Å². The molecule has 2 aromatic rings. The van der Waals surface area contributed by atoms with E-state index in [9.17, 15) is 27.7 Å². The topological polar surface area (TPSA) is 117 Å². The molecule has 1 saturated heterocycles. The summed E-state index contributed by atoms with van der Waals surface area (Å²) in [7, 11) is -1.89. The molecule has 0 radical (unpaired) electrons. The van der Waals surface area contributed by atoms with Crippen molar-refractivity contribution in [1.29, 1.82) is 5.26 Å². The molecule has 43 heavy (non-hydrogen) atoms. The van der Waals surface area contributed by atoms with Crippen molar-refractivity contribution in [3.63, 3.8) is 0 Å². The van der Waals surface area contributed by atoms with Crippen LogP contribution in [0.15, 0.2) is 53.4 Å². The molecular weight excluding hydrogens is 569 g/mol. The lowest BCUT2D eigenvalue weighted by Crippen LogP contribution is -2.53. The van der Waals surface area contributed by atoms with Gasteiger partial charge in [0.2, 0.25) is 5.91 Å². The largest absolute Gasteiger partial charge is 0.453 e. The summed E-state index contributed by atoms with van der Waals surface area (Å²) in [6, 6.07) is 15.6. The highest BCUT2D eigenvalue weighted by Crippen LogP contribution is 2.50. The predicted molar refractivity (Wildman–Crippen MR) is 159 cm³/mol. The average Bonchev–Trinajstić information content (AvgIpc) is 3.79. The number of alkyl carbamates (subject to hydrolysis) is 1. The van der Waals surface area contributed by atoms with Gasteiger partial charge in [0.15, 0.2) is 9.84 Å². The number of nitriles is 1. The first kappa shape index (κ1) is 31.0. The number of rotatable bonds is 10. The number of piperidine rings is 1. The molecule has 2 amide bonds. The van der Waals surface area contributed by atoms with Crippen LogP contribution in [-0.4, -0.2) is 56.8 Å². The van der Waals surface area contributed by atoms with Gasteiger partial charge in [0.05, 0.1) is 28.7 Å². The number of nitrogens with one attached hydrogen (secondary N) is 1. The molecule has 1 heterocycles. The Morgan fingerprint density at radius 1 is 1.07 bits per heavy atom. The van der Waals surface area contributed by atoms with Crippen LogP contribution in [0.4, 0.5) is 9.18 Å². The predicted octanol–water partition coefficient (Wildman–Crippen LogP) is 5.31. The van der Waals surface area contributed by atoms with Gasteiger partial charge in [-0.15, -0.1) is 0 Å². The van der Waals surface area contributed by atoms with Crippen LogP contribution in [0.2, 0.25) is 0 Å². The highest BCUT2D eigenvalue weighted by molar-refractivity contribution is 7.92. The second-order valence-corrected chi connectivity index (χ2v) is 14.4. The van der Waals surface area contributed by atoms with Crippen LogP contribution < -0.4 is 5.32 Å². The number of sulfone groups is 1. The van der Waals surface area contributed by atoms with Crippen LogP contribution in [0.5, 0.6) is 0 Å². The monoisotopic (exact) mass is 609 g/mol. The van der Waals surface area contributed by atoms with Crippen LogP contribution >= 0.6 is 0 Å². The zero-order valence-corrected chi connectivity index (χ0v) is 25.5. The van der Waals surface area contributed by atoms with Gasteiger partial charge in [0.25, 0.3) is 0 Å². The summed E-state index contributed by atoms with van der Waals surface area (Å²) in [4.78, 5) is 27.5. The third kappa shape index (κ3) is 6.57. The molecule has 2 aliphatic carbocycles. The number of hydrogen-bond donors (Lipinski definition) is 1. The summed E-state index contributed by atoms with van der Waals surface area (Å²) >= 11 is 0. The van der Waals surface area contributed by atoms with Crippen molar-refractivity contribution in [2.75, 3.05) is 20.2 Å². The molecular formula is C33H40FN3O5S. The number of benzene rings is 2. The second-order valence-electron chi connectivity index (χ2n) is 12.2. The Labute approximate surface area is 253 Å². The molecule has 5 rings (SSSR count). The smallest absolute Gasteiger partial charge is 0.407 e. The third-order valence-electron chi connectivity index (χ3n) is 9.64. The number of carbonyl (C=O) groups excluding carboxylic acids is 2. The molecule has 3 fully saturated rings. The number of likely N-dealkylation sites (tertiary alicyclic amines) is 1. The maximum absolute atomic E-state index is 14.5. The van der Waals surface area contributed by atoms with Gasteiger partial charge >= 0.3 is 6.09 Å². The van der Waals surface area contributed by atoms with Crippen molar-refractivity contribution >= 4 is 21.8 Å². The molecule has 2 aromatic carbocycles. The van der Waals surface area contributed by atoms with Gasteiger partial charge in [-0.25, -0.2) is 17.6 Å². The highest BCUT2D eigenvalue weighted by atomic mass is 32.2. The molecule has 0 bridgehead atoms.